The van der Waals surface area contributed by atoms with Gasteiger partial charge >= 0.3 is 0 Å². The maximum atomic E-state index is 13.1. The molecule has 0 saturated carbocycles. The molecule has 134 valence electrons. The molecule has 3 aromatic carbocycles. The van der Waals surface area contributed by atoms with Crippen molar-refractivity contribution in [2.45, 2.75) is 17.5 Å². The Labute approximate surface area is 166 Å². The first-order valence-corrected chi connectivity index (χ1v) is 9.98. The summed E-state index contributed by atoms with van der Waals surface area (Å²) in [5.74, 6) is 0.719. The highest BCUT2D eigenvalue weighted by molar-refractivity contribution is 7.98. The SMILES string of the molecule is O=c1c2ccccc2nc(SCc2ccc(Cl)cc2)n1Cc1ccccc1. The molecule has 0 aliphatic heterocycles. The van der Waals surface area contributed by atoms with E-state index in [1.165, 1.54) is 0 Å². The van der Waals surface area contributed by atoms with E-state index in [9.17, 15) is 4.79 Å². The van der Waals surface area contributed by atoms with Crippen LogP contribution in [0.2, 0.25) is 5.02 Å². The van der Waals surface area contributed by atoms with E-state index in [-0.39, 0.29) is 5.56 Å². The van der Waals surface area contributed by atoms with Crippen LogP contribution in [0.25, 0.3) is 10.9 Å². The second-order valence-electron chi connectivity index (χ2n) is 6.20. The summed E-state index contributed by atoms with van der Waals surface area (Å²) in [5, 5.41) is 2.08. The van der Waals surface area contributed by atoms with Crippen molar-refractivity contribution < 1.29 is 0 Å². The fourth-order valence-electron chi connectivity index (χ4n) is 2.89. The maximum Gasteiger partial charge on any atom is 0.262 e. The molecule has 4 rings (SSSR count). The number of thioether (sulfide) groups is 1. The largest absolute Gasteiger partial charge is 0.283 e. The highest BCUT2D eigenvalue weighted by atomic mass is 35.5. The van der Waals surface area contributed by atoms with Crippen LogP contribution in [-0.2, 0) is 12.3 Å². The van der Waals surface area contributed by atoms with Gasteiger partial charge in [-0.15, -0.1) is 0 Å². The van der Waals surface area contributed by atoms with E-state index in [0.717, 1.165) is 27.6 Å². The van der Waals surface area contributed by atoms with E-state index >= 15 is 0 Å². The molecule has 0 aliphatic rings. The summed E-state index contributed by atoms with van der Waals surface area (Å²) < 4.78 is 1.76. The molecule has 0 N–H and O–H groups in total. The van der Waals surface area contributed by atoms with Crippen molar-refractivity contribution in [3.63, 3.8) is 0 Å². The lowest BCUT2D eigenvalue weighted by atomic mass is 10.2. The fraction of sp³-hybridized carbons (Fsp3) is 0.0909. The number of hydrogen-bond donors (Lipinski definition) is 0. The Balaban J connectivity index is 1.73. The minimum atomic E-state index is -0.0111. The first kappa shape index (κ1) is 17.8. The van der Waals surface area contributed by atoms with Gasteiger partial charge in [-0.2, -0.15) is 0 Å². The molecule has 0 atom stereocenters. The van der Waals surface area contributed by atoms with Gasteiger partial charge in [-0.05, 0) is 35.4 Å². The number of aromatic nitrogens is 2. The molecule has 0 fully saturated rings. The lowest BCUT2D eigenvalue weighted by Gasteiger charge is -2.13. The lowest BCUT2D eigenvalue weighted by molar-refractivity contribution is 0.658. The zero-order chi connectivity index (χ0) is 18.6. The van der Waals surface area contributed by atoms with E-state index in [2.05, 4.69) is 0 Å². The molecular formula is C22H17ClN2OS. The molecular weight excluding hydrogens is 376 g/mol. The van der Waals surface area contributed by atoms with Crippen LogP contribution in [0.15, 0.2) is 88.8 Å². The van der Waals surface area contributed by atoms with Crippen molar-refractivity contribution in [1.82, 2.24) is 9.55 Å². The second kappa shape index (κ2) is 7.99. The summed E-state index contributed by atoms with van der Waals surface area (Å²) in [4.78, 5) is 17.9. The van der Waals surface area contributed by atoms with Gasteiger partial charge in [-0.1, -0.05) is 78.0 Å². The van der Waals surface area contributed by atoms with Crippen LogP contribution in [0.5, 0.6) is 0 Å². The average molecular weight is 393 g/mol. The Hall–Kier alpha value is -2.56. The zero-order valence-electron chi connectivity index (χ0n) is 14.5. The minimum Gasteiger partial charge on any atom is -0.283 e. The fourth-order valence-corrected chi connectivity index (χ4v) is 3.97. The van der Waals surface area contributed by atoms with Crippen LogP contribution in [0.4, 0.5) is 0 Å². The zero-order valence-corrected chi connectivity index (χ0v) is 16.1. The van der Waals surface area contributed by atoms with Gasteiger partial charge < -0.3 is 0 Å². The van der Waals surface area contributed by atoms with E-state index in [0.29, 0.717) is 17.0 Å². The third-order valence-corrected chi connectivity index (χ3v) is 5.59. The van der Waals surface area contributed by atoms with Crippen LogP contribution in [0, 0.1) is 0 Å². The molecule has 4 aromatic rings. The molecule has 3 nitrogen and oxygen atoms in total. The topological polar surface area (TPSA) is 34.9 Å². The Kier molecular flexibility index (Phi) is 5.28. The molecule has 0 saturated heterocycles. The number of fused-ring (bicyclic) bond motifs is 1. The normalized spacial score (nSPS) is 11.0. The summed E-state index contributed by atoms with van der Waals surface area (Å²) in [6.45, 7) is 0.500. The Morgan fingerprint density at radius 2 is 1.56 bits per heavy atom. The summed E-state index contributed by atoms with van der Waals surface area (Å²) in [5.41, 5.74) is 2.93. The molecule has 0 aliphatic carbocycles. The second-order valence-corrected chi connectivity index (χ2v) is 7.58. The molecule has 0 unspecified atom stereocenters. The highest BCUT2D eigenvalue weighted by Crippen LogP contribution is 2.23. The highest BCUT2D eigenvalue weighted by Gasteiger charge is 2.12. The maximum absolute atomic E-state index is 13.1. The van der Waals surface area contributed by atoms with Gasteiger partial charge in [0.2, 0.25) is 0 Å². The average Bonchev–Trinajstić information content (AvgIpc) is 2.71. The van der Waals surface area contributed by atoms with Crippen LogP contribution >= 0.6 is 23.4 Å². The molecule has 0 radical (unpaired) electrons. The third-order valence-electron chi connectivity index (χ3n) is 4.29. The summed E-state index contributed by atoms with van der Waals surface area (Å²) in [6.07, 6.45) is 0. The summed E-state index contributed by atoms with van der Waals surface area (Å²) in [6, 6.07) is 25.2. The third kappa shape index (κ3) is 4.07. The molecule has 0 bridgehead atoms. The van der Waals surface area contributed by atoms with Gasteiger partial charge in [0.15, 0.2) is 5.16 Å². The standard InChI is InChI=1S/C22H17ClN2OS/c23-18-12-10-17(11-13-18)15-27-22-24-20-9-5-4-8-19(20)21(26)25(22)14-16-6-2-1-3-7-16/h1-13H,14-15H2. The van der Waals surface area contributed by atoms with Crippen LogP contribution < -0.4 is 5.56 Å². The van der Waals surface area contributed by atoms with Crippen molar-refractivity contribution in [3.05, 3.63) is 105 Å². The number of benzene rings is 3. The van der Waals surface area contributed by atoms with Crippen molar-refractivity contribution in [2.24, 2.45) is 0 Å². The predicted molar refractivity (Wildman–Crippen MR) is 113 cm³/mol. The quantitative estimate of drug-likeness (QED) is 0.337. The van der Waals surface area contributed by atoms with Crippen molar-refractivity contribution in [3.8, 4) is 0 Å². The van der Waals surface area contributed by atoms with E-state index in [1.54, 1.807) is 16.3 Å². The van der Waals surface area contributed by atoms with Crippen molar-refractivity contribution in [1.29, 1.82) is 0 Å². The van der Waals surface area contributed by atoms with Crippen molar-refractivity contribution >= 4 is 34.3 Å². The monoisotopic (exact) mass is 392 g/mol. The minimum absolute atomic E-state index is 0.0111. The van der Waals surface area contributed by atoms with Crippen molar-refractivity contribution in [2.75, 3.05) is 0 Å². The van der Waals surface area contributed by atoms with Gasteiger partial charge in [0.1, 0.15) is 0 Å². The van der Waals surface area contributed by atoms with E-state index < -0.39 is 0 Å². The van der Waals surface area contributed by atoms with Gasteiger partial charge in [-0.3, -0.25) is 9.36 Å². The number of para-hydroxylation sites is 1. The Bertz CT molecular complexity index is 1120. The molecule has 5 heteroatoms. The number of rotatable bonds is 5. The number of halogens is 1. The summed E-state index contributed by atoms with van der Waals surface area (Å²) >= 11 is 7.53. The number of nitrogens with zero attached hydrogens (tertiary/aromatic N) is 2. The summed E-state index contributed by atoms with van der Waals surface area (Å²) in [7, 11) is 0. The van der Waals surface area contributed by atoms with Crippen LogP contribution in [0.3, 0.4) is 0 Å². The number of hydrogen-bond acceptors (Lipinski definition) is 3. The van der Waals surface area contributed by atoms with Gasteiger partial charge in [0.25, 0.3) is 5.56 Å². The molecule has 27 heavy (non-hydrogen) atoms. The molecule has 1 heterocycles. The van der Waals surface area contributed by atoms with Crippen LogP contribution in [-0.4, -0.2) is 9.55 Å². The molecule has 0 spiro atoms. The van der Waals surface area contributed by atoms with Gasteiger partial charge in [0, 0.05) is 10.8 Å². The first-order chi connectivity index (χ1) is 13.2. The predicted octanol–water partition coefficient (Wildman–Crippen LogP) is 5.39. The van der Waals surface area contributed by atoms with E-state index in [4.69, 9.17) is 16.6 Å². The Morgan fingerprint density at radius 1 is 0.852 bits per heavy atom. The van der Waals surface area contributed by atoms with E-state index in [1.807, 2.05) is 78.9 Å². The smallest absolute Gasteiger partial charge is 0.262 e. The lowest BCUT2D eigenvalue weighted by Crippen LogP contribution is -2.24. The molecule has 1 aromatic heterocycles. The van der Waals surface area contributed by atoms with Gasteiger partial charge in [0.05, 0.1) is 17.4 Å². The first-order valence-electron chi connectivity index (χ1n) is 8.61. The Morgan fingerprint density at radius 3 is 2.33 bits per heavy atom. The van der Waals surface area contributed by atoms with Gasteiger partial charge in [-0.25, -0.2) is 4.98 Å². The van der Waals surface area contributed by atoms with Crippen LogP contribution in [0.1, 0.15) is 11.1 Å². The molecule has 0 amide bonds.